The molecule has 21 heavy (non-hydrogen) atoms. The van der Waals surface area contributed by atoms with E-state index in [1.807, 2.05) is 0 Å². The third kappa shape index (κ3) is 4.73. The van der Waals surface area contributed by atoms with Crippen LogP contribution in [-0.4, -0.2) is 23.4 Å². The molecule has 1 aromatic carbocycles. The summed E-state index contributed by atoms with van der Waals surface area (Å²) in [5.74, 6) is 1.19. The van der Waals surface area contributed by atoms with Crippen molar-refractivity contribution in [1.29, 1.82) is 0 Å². The average Bonchev–Trinajstić information content (AvgIpc) is 2.46. The van der Waals surface area contributed by atoms with Crippen LogP contribution in [-0.2, 0) is 6.54 Å². The topological polar surface area (TPSA) is 15.3 Å². The zero-order chi connectivity index (χ0) is 15.4. The molecule has 1 N–H and O–H groups in total. The van der Waals surface area contributed by atoms with Crippen molar-refractivity contribution in [3.05, 3.63) is 34.9 Å². The molecule has 1 aromatic rings. The Morgan fingerprint density at radius 1 is 1.10 bits per heavy atom. The van der Waals surface area contributed by atoms with E-state index in [0.717, 1.165) is 19.6 Å². The van der Waals surface area contributed by atoms with Gasteiger partial charge < -0.3 is 5.32 Å². The Hall–Kier alpha value is -0.510. The van der Waals surface area contributed by atoms with Crippen LogP contribution in [0.15, 0.2) is 18.2 Å². The van der Waals surface area contributed by atoms with Gasteiger partial charge >= 0.3 is 0 Å². The monoisotopic (exact) mass is 306 g/mol. The van der Waals surface area contributed by atoms with Crippen molar-refractivity contribution in [3.63, 3.8) is 0 Å². The van der Waals surface area contributed by atoms with Crippen LogP contribution in [0.1, 0.15) is 69.1 Å². The highest BCUT2D eigenvalue weighted by Gasteiger charge is 2.17. The molecule has 1 aliphatic heterocycles. The molecule has 1 fully saturated rings. The minimum Gasteiger partial charge on any atom is -0.310 e. The van der Waals surface area contributed by atoms with Crippen LogP contribution in [0.5, 0.6) is 0 Å². The first-order valence-corrected chi connectivity index (χ1v) is 8.67. The number of rotatable bonds is 5. The smallest absolute Gasteiger partial charge is 0.0208 e. The summed E-state index contributed by atoms with van der Waals surface area (Å²) in [4.78, 5) is 0. The summed E-state index contributed by atoms with van der Waals surface area (Å²) >= 11 is 4.41. The van der Waals surface area contributed by atoms with Gasteiger partial charge in [0.2, 0.25) is 0 Å². The van der Waals surface area contributed by atoms with Gasteiger partial charge in [-0.05, 0) is 41.4 Å². The maximum atomic E-state index is 4.41. The maximum Gasteiger partial charge on any atom is 0.0208 e. The van der Waals surface area contributed by atoms with Crippen molar-refractivity contribution in [2.75, 3.05) is 13.1 Å². The fourth-order valence-electron chi connectivity index (χ4n) is 3.09. The number of nitrogens with one attached hydrogen (secondary N) is 1. The Morgan fingerprint density at radius 2 is 1.71 bits per heavy atom. The molecule has 1 heterocycles. The molecule has 0 aromatic heterocycles. The van der Waals surface area contributed by atoms with Crippen LogP contribution in [0.4, 0.5) is 0 Å². The number of thiol groups is 1. The first-order chi connectivity index (χ1) is 9.97. The van der Waals surface area contributed by atoms with Crippen molar-refractivity contribution >= 4 is 12.8 Å². The maximum absolute atomic E-state index is 4.41. The van der Waals surface area contributed by atoms with Crippen LogP contribution in [0.3, 0.4) is 0 Å². The lowest BCUT2D eigenvalue weighted by molar-refractivity contribution is 0.309. The average molecular weight is 307 g/mol. The van der Waals surface area contributed by atoms with Crippen molar-refractivity contribution < 1.29 is 0 Å². The number of nitrogens with zero attached hydrogens (tertiary/aromatic N) is 1. The Morgan fingerprint density at radius 3 is 2.29 bits per heavy atom. The molecule has 0 atom stereocenters. The lowest BCUT2D eigenvalue weighted by Crippen LogP contribution is -2.38. The molecule has 0 aliphatic carbocycles. The van der Waals surface area contributed by atoms with E-state index < -0.39 is 0 Å². The Balaban J connectivity index is 1.99. The molecule has 0 saturated carbocycles. The lowest BCUT2D eigenvalue weighted by atomic mass is 9.89. The van der Waals surface area contributed by atoms with E-state index in [1.54, 1.807) is 0 Å². The Kier molecular flexibility index (Phi) is 6.15. The van der Waals surface area contributed by atoms with Crippen LogP contribution in [0.25, 0.3) is 0 Å². The summed E-state index contributed by atoms with van der Waals surface area (Å²) in [6.45, 7) is 12.3. The minimum atomic E-state index is 0.592. The van der Waals surface area contributed by atoms with Crippen LogP contribution in [0, 0.1) is 0 Å². The molecular weight excluding hydrogens is 276 g/mol. The molecule has 0 spiro atoms. The third-order valence-electron chi connectivity index (χ3n) is 4.46. The molecule has 1 aliphatic rings. The number of piperidine rings is 1. The highest BCUT2D eigenvalue weighted by Crippen LogP contribution is 2.27. The predicted molar refractivity (Wildman–Crippen MR) is 95.0 cm³/mol. The van der Waals surface area contributed by atoms with Crippen molar-refractivity contribution in [3.8, 4) is 0 Å². The van der Waals surface area contributed by atoms with E-state index in [1.165, 1.54) is 29.5 Å². The molecule has 0 bridgehead atoms. The number of hydrogen-bond donors (Lipinski definition) is 2. The van der Waals surface area contributed by atoms with Gasteiger partial charge in [0.05, 0.1) is 0 Å². The lowest BCUT2D eigenvalue weighted by Gasteiger charge is -2.29. The second-order valence-corrected chi connectivity index (χ2v) is 7.45. The van der Waals surface area contributed by atoms with Crippen LogP contribution < -0.4 is 5.32 Å². The molecule has 0 radical (unpaired) electrons. The Labute approximate surface area is 135 Å². The van der Waals surface area contributed by atoms with Gasteiger partial charge in [0.1, 0.15) is 0 Å². The molecule has 2 rings (SSSR count). The van der Waals surface area contributed by atoms with Crippen molar-refractivity contribution in [2.24, 2.45) is 0 Å². The molecule has 1 saturated heterocycles. The van der Waals surface area contributed by atoms with Gasteiger partial charge in [-0.2, -0.15) is 0 Å². The van der Waals surface area contributed by atoms with Gasteiger partial charge in [0.25, 0.3) is 0 Å². The Bertz CT molecular complexity index is 449. The quantitative estimate of drug-likeness (QED) is 0.787. The summed E-state index contributed by atoms with van der Waals surface area (Å²) < 4.78 is 2.12. The van der Waals surface area contributed by atoms with E-state index in [9.17, 15) is 0 Å². The molecule has 0 unspecified atom stereocenters. The molecule has 3 heteroatoms. The van der Waals surface area contributed by atoms with Gasteiger partial charge in [0, 0.05) is 25.7 Å². The first kappa shape index (κ1) is 16.9. The van der Waals surface area contributed by atoms with Gasteiger partial charge in [0.15, 0.2) is 0 Å². The van der Waals surface area contributed by atoms with E-state index in [0.29, 0.717) is 17.9 Å². The summed E-state index contributed by atoms with van der Waals surface area (Å²) in [5.41, 5.74) is 4.42. The van der Waals surface area contributed by atoms with Crippen molar-refractivity contribution in [1.82, 2.24) is 9.62 Å². The number of hydrogen-bond acceptors (Lipinski definition) is 3. The van der Waals surface area contributed by atoms with E-state index in [2.05, 4.69) is 68.3 Å². The largest absolute Gasteiger partial charge is 0.310 e. The van der Waals surface area contributed by atoms with E-state index in [-0.39, 0.29) is 0 Å². The fraction of sp³-hybridized carbons (Fsp3) is 0.667. The van der Waals surface area contributed by atoms with E-state index >= 15 is 0 Å². The predicted octanol–water partition coefficient (Wildman–Crippen LogP) is 4.33. The summed E-state index contributed by atoms with van der Waals surface area (Å²) in [7, 11) is 0. The SMILES string of the molecule is CC(C)c1ccc(CNC2CCN(S)CC2)cc1C(C)C. The zero-order valence-electron chi connectivity index (χ0n) is 13.9. The first-order valence-electron chi connectivity index (χ1n) is 8.27. The van der Waals surface area contributed by atoms with Gasteiger partial charge in [-0.15, -0.1) is 0 Å². The summed E-state index contributed by atoms with van der Waals surface area (Å²) in [6, 6.07) is 7.66. The highest BCUT2D eigenvalue weighted by molar-refractivity contribution is 7.77. The minimum absolute atomic E-state index is 0.592. The molecule has 118 valence electrons. The van der Waals surface area contributed by atoms with Crippen molar-refractivity contribution in [2.45, 2.75) is 65.0 Å². The van der Waals surface area contributed by atoms with Gasteiger partial charge in [-0.25, -0.2) is 0 Å². The standard InChI is InChI=1S/C18H30N2S/c1-13(2)17-6-5-15(11-18(17)14(3)4)12-19-16-7-9-20(21)10-8-16/h5-6,11,13-14,16,19,21H,7-10,12H2,1-4H3. The second-order valence-electron chi connectivity index (χ2n) is 6.88. The van der Waals surface area contributed by atoms with Gasteiger partial charge in [-0.3, -0.25) is 4.31 Å². The fourth-order valence-corrected chi connectivity index (χ4v) is 3.32. The summed E-state index contributed by atoms with van der Waals surface area (Å²) in [6.07, 6.45) is 2.40. The molecule has 2 nitrogen and oxygen atoms in total. The third-order valence-corrected chi connectivity index (χ3v) is 4.86. The highest BCUT2D eigenvalue weighted by atomic mass is 32.1. The number of benzene rings is 1. The summed E-state index contributed by atoms with van der Waals surface area (Å²) in [5, 5.41) is 3.71. The van der Waals surface area contributed by atoms with Gasteiger partial charge in [-0.1, -0.05) is 58.7 Å². The van der Waals surface area contributed by atoms with Crippen LogP contribution in [0.2, 0.25) is 0 Å². The molecule has 0 amide bonds. The second kappa shape index (κ2) is 7.66. The molecular formula is C18H30N2S. The normalized spacial score (nSPS) is 17.9. The van der Waals surface area contributed by atoms with Crippen LogP contribution >= 0.6 is 12.8 Å². The van der Waals surface area contributed by atoms with E-state index in [4.69, 9.17) is 0 Å². The zero-order valence-corrected chi connectivity index (χ0v) is 14.8.